The molecule has 8 nitrogen and oxygen atoms in total. The first-order valence-electron chi connectivity index (χ1n) is 13.0. The Labute approximate surface area is 223 Å². The van der Waals surface area contributed by atoms with Crippen molar-refractivity contribution in [3.05, 3.63) is 72.0 Å². The van der Waals surface area contributed by atoms with Gasteiger partial charge in [-0.05, 0) is 36.6 Å². The molecular weight excluding hydrogens is 507 g/mol. The Morgan fingerprint density at radius 2 is 1.92 bits per heavy atom. The first-order chi connectivity index (χ1) is 18.7. The van der Waals surface area contributed by atoms with Crippen molar-refractivity contribution < 1.29 is 18.0 Å². The van der Waals surface area contributed by atoms with Gasteiger partial charge in [0, 0.05) is 42.0 Å². The second-order valence-corrected chi connectivity index (χ2v) is 10.6. The Morgan fingerprint density at radius 1 is 1.10 bits per heavy atom. The van der Waals surface area contributed by atoms with E-state index in [0.717, 1.165) is 11.1 Å². The molecule has 0 aliphatic carbocycles. The number of carbonyl (C=O) groups is 1. The van der Waals surface area contributed by atoms with Gasteiger partial charge in [0.05, 0.1) is 49.3 Å². The molecule has 0 N–H and O–H groups in total. The maximum atomic E-state index is 14.8. The molecule has 0 radical (unpaired) electrons. The van der Waals surface area contributed by atoms with E-state index in [0.29, 0.717) is 42.2 Å². The molecule has 1 amide bonds. The fourth-order valence-electron chi connectivity index (χ4n) is 5.33. The van der Waals surface area contributed by atoms with E-state index in [1.54, 1.807) is 38.8 Å². The number of carbonyl (C=O) groups excluding carboxylic acids is 1. The number of amides is 1. The van der Waals surface area contributed by atoms with Crippen molar-refractivity contribution in [3.8, 4) is 11.3 Å². The van der Waals surface area contributed by atoms with E-state index in [-0.39, 0.29) is 43.1 Å². The molecule has 2 aliphatic rings. The van der Waals surface area contributed by atoms with Crippen molar-refractivity contribution in [2.45, 2.75) is 51.0 Å². The van der Waals surface area contributed by atoms with Crippen LogP contribution in [0.1, 0.15) is 49.7 Å². The summed E-state index contributed by atoms with van der Waals surface area (Å²) < 4.78 is 43.0. The lowest BCUT2D eigenvalue weighted by Gasteiger charge is -2.46. The topological polar surface area (TPSA) is 79.5 Å². The lowest BCUT2D eigenvalue weighted by atomic mass is 9.97. The predicted octanol–water partition coefficient (Wildman–Crippen LogP) is 4.49. The van der Waals surface area contributed by atoms with E-state index < -0.39 is 11.7 Å². The van der Waals surface area contributed by atoms with Crippen molar-refractivity contribution >= 4 is 17.1 Å². The number of hydrogen-bond donors (Lipinski definition) is 0. The van der Waals surface area contributed by atoms with Crippen LogP contribution in [-0.2, 0) is 11.2 Å². The van der Waals surface area contributed by atoms with Crippen LogP contribution in [-0.4, -0.2) is 67.0 Å². The molecule has 0 aromatic carbocycles. The molecular formula is C28H28F3N7O. The van der Waals surface area contributed by atoms with Crippen molar-refractivity contribution in [1.29, 1.82) is 0 Å². The number of pyridine rings is 2. The molecule has 0 saturated carbocycles. The van der Waals surface area contributed by atoms with Crippen molar-refractivity contribution in [2.24, 2.45) is 0 Å². The predicted molar refractivity (Wildman–Crippen MR) is 139 cm³/mol. The molecule has 0 spiro atoms. The standard InChI is InChI=1S/C28H28F3N7O/c1-17(2)22-13-34-38-8-5-18(9-24(22)38)27-23(29)14-33-25(35-27)10-19-3-4-21(12-32-19)37-7-6-20(11-26(37)39)36-15-28(30,31)16-36/h3-5,8-9,12-14,17,20H,6-7,10-11,15-16H2,1-2H3. The van der Waals surface area contributed by atoms with E-state index in [1.165, 1.54) is 6.20 Å². The number of piperidine rings is 1. The normalized spacial score (nSPS) is 19.6. The van der Waals surface area contributed by atoms with Gasteiger partial charge < -0.3 is 4.90 Å². The summed E-state index contributed by atoms with van der Waals surface area (Å²) in [6, 6.07) is 7.13. The second kappa shape index (κ2) is 9.71. The smallest absolute Gasteiger partial charge is 0.272 e. The first-order valence-corrected chi connectivity index (χ1v) is 13.0. The molecule has 6 rings (SSSR count). The molecule has 2 fully saturated rings. The monoisotopic (exact) mass is 535 g/mol. The van der Waals surface area contributed by atoms with Gasteiger partial charge in [-0.3, -0.25) is 14.7 Å². The number of anilines is 1. The summed E-state index contributed by atoms with van der Waals surface area (Å²) in [5.41, 5.74) is 4.16. The highest BCUT2D eigenvalue weighted by Crippen LogP contribution is 2.33. The van der Waals surface area contributed by atoms with E-state index in [2.05, 4.69) is 33.9 Å². The number of halogens is 3. The number of rotatable bonds is 6. The van der Waals surface area contributed by atoms with Crippen LogP contribution in [0, 0.1) is 5.82 Å². The van der Waals surface area contributed by atoms with Crippen LogP contribution in [0.3, 0.4) is 0 Å². The van der Waals surface area contributed by atoms with Gasteiger partial charge in [0.2, 0.25) is 5.91 Å². The minimum Gasteiger partial charge on any atom is -0.311 e. The Hall–Kier alpha value is -3.86. The summed E-state index contributed by atoms with van der Waals surface area (Å²) in [6.07, 6.45) is 7.56. The van der Waals surface area contributed by atoms with Crippen molar-refractivity contribution in [1.82, 2.24) is 29.5 Å². The molecule has 2 saturated heterocycles. The lowest BCUT2D eigenvalue weighted by Crippen LogP contribution is -2.62. The summed E-state index contributed by atoms with van der Waals surface area (Å²) in [4.78, 5) is 29.2. The Bertz CT molecular complexity index is 1530. The van der Waals surface area contributed by atoms with Crippen molar-refractivity contribution in [3.63, 3.8) is 0 Å². The van der Waals surface area contributed by atoms with Gasteiger partial charge in [-0.2, -0.15) is 5.10 Å². The molecule has 2 aliphatic heterocycles. The quantitative estimate of drug-likeness (QED) is 0.362. The van der Waals surface area contributed by atoms with Crippen LogP contribution in [0.25, 0.3) is 16.8 Å². The molecule has 39 heavy (non-hydrogen) atoms. The van der Waals surface area contributed by atoms with Crippen LogP contribution in [0.2, 0.25) is 0 Å². The minimum atomic E-state index is -2.64. The molecule has 4 aromatic heterocycles. The fraction of sp³-hybridized carbons (Fsp3) is 0.393. The molecule has 11 heteroatoms. The first kappa shape index (κ1) is 25.4. The number of aromatic nitrogens is 5. The molecule has 4 aromatic rings. The van der Waals surface area contributed by atoms with E-state index in [1.807, 2.05) is 18.3 Å². The summed E-state index contributed by atoms with van der Waals surface area (Å²) in [6.45, 7) is 4.08. The summed E-state index contributed by atoms with van der Waals surface area (Å²) >= 11 is 0. The summed E-state index contributed by atoms with van der Waals surface area (Å²) in [5.74, 6) is -2.56. The van der Waals surface area contributed by atoms with E-state index in [9.17, 15) is 18.0 Å². The second-order valence-electron chi connectivity index (χ2n) is 10.6. The number of likely N-dealkylation sites (tertiary alicyclic amines) is 1. The van der Waals surface area contributed by atoms with Crippen LogP contribution < -0.4 is 4.90 Å². The number of hydrogen-bond acceptors (Lipinski definition) is 6. The largest absolute Gasteiger partial charge is 0.311 e. The maximum absolute atomic E-state index is 14.8. The average molecular weight is 536 g/mol. The van der Waals surface area contributed by atoms with E-state index in [4.69, 9.17) is 0 Å². The van der Waals surface area contributed by atoms with Gasteiger partial charge >= 0.3 is 0 Å². The third kappa shape index (κ3) is 4.98. The zero-order valence-corrected chi connectivity index (χ0v) is 21.7. The SMILES string of the molecule is CC(C)c1cnn2ccc(-c3nc(Cc4ccc(N5CCC(N6CC(F)(F)C6)CC5=O)cn4)ncc3F)cc12. The molecule has 1 unspecified atom stereocenters. The summed E-state index contributed by atoms with van der Waals surface area (Å²) in [7, 11) is 0. The lowest BCUT2D eigenvalue weighted by molar-refractivity contribution is -0.153. The summed E-state index contributed by atoms with van der Waals surface area (Å²) in [5, 5.41) is 4.37. The van der Waals surface area contributed by atoms with Gasteiger partial charge in [0.25, 0.3) is 5.92 Å². The molecule has 1 atom stereocenters. The molecule has 0 bridgehead atoms. The highest BCUT2D eigenvalue weighted by Gasteiger charge is 2.47. The van der Waals surface area contributed by atoms with Gasteiger partial charge in [-0.25, -0.2) is 27.7 Å². The van der Waals surface area contributed by atoms with Crippen LogP contribution >= 0.6 is 0 Å². The Morgan fingerprint density at radius 3 is 2.62 bits per heavy atom. The number of nitrogens with zero attached hydrogens (tertiary/aromatic N) is 7. The van der Waals surface area contributed by atoms with Crippen LogP contribution in [0.4, 0.5) is 18.9 Å². The van der Waals surface area contributed by atoms with E-state index >= 15 is 0 Å². The Kier molecular flexibility index (Phi) is 6.33. The van der Waals surface area contributed by atoms with Crippen LogP contribution in [0.15, 0.2) is 49.1 Å². The number of alkyl halides is 2. The Balaban J connectivity index is 1.15. The van der Waals surface area contributed by atoms with Crippen LogP contribution in [0.5, 0.6) is 0 Å². The highest BCUT2D eigenvalue weighted by atomic mass is 19.3. The third-order valence-corrected chi connectivity index (χ3v) is 7.48. The zero-order valence-electron chi connectivity index (χ0n) is 21.7. The fourth-order valence-corrected chi connectivity index (χ4v) is 5.33. The molecule has 6 heterocycles. The van der Waals surface area contributed by atoms with Gasteiger partial charge in [-0.1, -0.05) is 13.8 Å². The number of fused-ring (bicyclic) bond motifs is 1. The van der Waals surface area contributed by atoms with Gasteiger partial charge in [0.15, 0.2) is 5.82 Å². The highest BCUT2D eigenvalue weighted by molar-refractivity contribution is 5.94. The third-order valence-electron chi connectivity index (χ3n) is 7.48. The van der Waals surface area contributed by atoms with Gasteiger partial charge in [0.1, 0.15) is 11.5 Å². The zero-order chi connectivity index (χ0) is 27.3. The minimum absolute atomic E-state index is 0.0988. The van der Waals surface area contributed by atoms with Crippen molar-refractivity contribution in [2.75, 3.05) is 24.5 Å². The molecule has 202 valence electrons. The maximum Gasteiger partial charge on any atom is 0.272 e. The average Bonchev–Trinajstić information content (AvgIpc) is 3.33. The van der Waals surface area contributed by atoms with Gasteiger partial charge in [-0.15, -0.1) is 0 Å².